The minimum Gasteiger partial charge on any atom is -0.495 e. The van der Waals surface area contributed by atoms with Gasteiger partial charge in [0.15, 0.2) is 9.01 Å². The summed E-state index contributed by atoms with van der Waals surface area (Å²) in [6, 6.07) is 9.63. The van der Waals surface area contributed by atoms with Crippen molar-refractivity contribution in [3.63, 3.8) is 0 Å². The van der Waals surface area contributed by atoms with Crippen molar-refractivity contribution < 1.29 is 23.5 Å². The number of para-hydroxylation sites is 2. The average molecular weight is 566 g/mol. The lowest BCUT2D eigenvalue weighted by Crippen LogP contribution is -2.46. The molecule has 3 N–H and O–H groups in total. The van der Waals surface area contributed by atoms with Crippen LogP contribution in [0.15, 0.2) is 61.1 Å². The Morgan fingerprint density at radius 3 is 2.85 bits per heavy atom. The Labute approximate surface area is 211 Å². The number of amides is 2. The van der Waals surface area contributed by atoms with E-state index < -0.39 is 18.0 Å². The van der Waals surface area contributed by atoms with E-state index in [0.717, 1.165) is 5.69 Å². The number of benzene rings is 1. The van der Waals surface area contributed by atoms with Crippen molar-refractivity contribution in [2.75, 3.05) is 24.8 Å². The van der Waals surface area contributed by atoms with Gasteiger partial charge in [-0.15, -0.1) is 10.2 Å². The molecule has 3 aromatic rings. The maximum Gasteiger partial charge on any atom is 0.338 e. The van der Waals surface area contributed by atoms with Crippen LogP contribution in [0, 0.1) is 0 Å². The summed E-state index contributed by atoms with van der Waals surface area (Å²) in [7, 11) is 1.60. The number of halogens is 1. The lowest BCUT2D eigenvalue weighted by Gasteiger charge is -2.27. The average Bonchev–Trinajstić information content (AvgIpc) is 3.46. The number of nitrogens with zero attached hydrogens (tertiary/aromatic N) is 2. The van der Waals surface area contributed by atoms with Gasteiger partial charge in [0, 0.05) is 11.4 Å². The molecule has 0 saturated carbocycles. The summed E-state index contributed by atoms with van der Waals surface area (Å²) in [5.74, 6) is 0.818. The minimum absolute atomic E-state index is 0.194. The number of thioether (sulfide) groups is 1. The lowest BCUT2D eigenvalue weighted by molar-refractivity contribution is -0.139. The van der Waals surface area contributed by atoms with Gasteiger partial charge in [0.2, 0.25) is 5.13 Å². The number of carbonyl (C=O) groups excluding carboxylic acids is 2. The molecular weight excluding hydrogens is 546 g/mol. The van der Waals surface area contributed by atoms with Crippen LogP contribution < -0.4 is 20.7 Å². The largest absolute Gasteiger partial charge is 0.495 e. The van der Waals surface area contributed by atoms with Crippen molar-refractivity contribution in [1.82, 2.24) is 20.8 Å². The van der Waals surface area contributed by atoms with Gasteiger partial charge in [-0.2, -0.15) is 0 Å². The zero-order valence-electron chi connectivity index (χ0n) is 18.1. The van der Waals surface area contributed by atoms with Crippen molar-refractivity contribution in [2.45, 2.75) is 17.3 Å². The summed E-state index contributed by atoms with van der Waals surface area (Å²) in [6.07, 6.45) is 0. The number of aromatic nitrogens is 2. The third-order valence-corrected chi connectivity index (χ3v) is 7.05. The first-order valence-corrected chi connectivity index (χ1v) is 12.7. The number of hydrogen-bond acceptors (Lipinski definition) is 10. The fourth-order valence-electron chi connectivity index (χ4n) is 3.19. The Hall–Kier alpha value is -3.03. The van der Waals surface area contributed by atoms with E-state index in [1.807, 2.05) is 24.3 Å². The summed E-state index contributed by atoms with van der Waals surface area (Å²) in [5, 5.41) is 17.6. The fourth-order valence-corrected chi connectivity index (χ4v) is 5.25. The first kappa shape index (κ1) is 24.1. The molecule has 4 rings (SSSR count). The second kappa shape index (κ2) is 10.9. The Bertz CT molecular complexity index is 1230. The summed E-state index contributed by atoms with van der Waals surface area (Å²) < 4.78 is 17.3. The van der Waals surface area contributed by atoms with Gasteiger partial charge in [0.25, 0.3) is 0 Å². The molecule has 10 nitrogen and oxygen atoms in total. The third kappa shape index (κ3) is 5.54. The third-order valence-electron chi connectivity index (χ3n) is 4.62. The number of methoxy groups -OCH3 is 1. The number of ether oxygens (including phenoxy) is 2. The van der Waals surface area contributed by atoms with E-state index in [4.69, 9.17) is 13.9 Å². The van der Waals surface area contributed by atoms with Crippen molar-refractivity contribution in [2.24, 2.45) is 0 Å². The van der Waals surface area contributed by atoms with E-state index in [1.165, 1.54) is 23.1 Å². The van der Waals surface area contributed by atoms with Crippen LogP contribution in [-0.4, -0.2) is 41.7 Å². The molecular formula is C21H20BrN5O5S2. The second-order valence-corrected chi connectivity index (χ2v) is 9.75. The van der Waals surface area contributed by atoms with Crippen LogP contribution in [0.5, 0.6) is 5.75 Å². The van der Waals surface area contributed by atoms with E-state index in [2.05, 4.69) is 42.1 Å². The topological polar surface area (TPSA) is 128 Å². The number of urea groups is 1. The van der Waals surface area contributed by atoms with E-state index in [-0.39, 0.29) is 17.9 Å². The van der Waals surface area contributed by atoms with Crippen LogP contribution in [0.1, 0.15) is 18.7 Å². The highest BCUT2D eigenvalue weighted by molar-refractivity contribution is 9.10. The summed E-state index contributed by atoms with van der Waals surface area (Å²) >= 11 is 5.93. The van der Waals surface area contributed by atoms with Crippen molar-refractivity contribution in [3.05, 3.63) is 58.1 Å². The molecule has 1 atom stereocenters. The van der Waals surface area contributed by atoms with E-state index in [9.17, 15) is 9.59 Å². The zero-order chi connectivity index (χ0) is 24.1. The van der Waals surface area contributed by atoms with Crippen LogP contribution in [-0.2, 0) is 9.53 Å². The van der Waals surface area contributed by atoms with Gasteiger partial charge in [0.1, 0.15) is 17.6 Å². The number of carbonyl (C=O) groups is 2. The van der Waals surface area contributed by atoms with Gasteiger partial charge in [-0.05, 0) is 47.1 Å². The Balaban J connectivity index is 1.54. The van der Waals surface area contributed by atoms with E-state index >= 15 is 0 Å². The first-order chi connectivity index (χ1) is 16.5. The molecule has 1 aromatic carbocycles. The Morgan fingerprint density at radius 1 is 1.29 bits per heavy atom. The van der Waals surface area contributed by atoms with Crippen molar-refractivity contribution in [3.8, 4) is 5.75 Å². The number of rotatable bonds is 9. The highest BCUT2D eigenvalue weighted by Crippen LogP contribution is 2.35. The smallest absolute Gasteiger partial charge is 0.338 e. The number of hydrogen-bond donors (Lipinski definition) is 3. The maximum atomic E-state index is 12.8. The van der Waals surface area contributed by atoms with Crippen LogP contribution in [0.3, 0.4) is 0 Å². The van der Waals surface area contributed by atoms with Gasteiger partial charge in [-0.25, -0.2) is 9.59 Å². The molecule has 2 aromatic heterocycles. The highest BCUT2D eigenvalue weighted by Gasteiger charge is 2.35. The number of esters is 1. The Morgan fingerprint density at radius 2 is 2.12 bits per heavy atom. The zero-order valence-corrected chi connectivity index (χ0v) is 21.3. The highest BCUT2D eigenvalue weighted by atomic mass is 79.9. The predicted molar refractivity (Wildman–Crippen MR) is 131 cm³/mol. The first-order valence-electron chi connectivity index (χ1n) is 10.1. The summed E-state index contributed by atoms with van der Waals surface area (Å²) in [4.78, 5) is 25.2. The molecule has 0 radical (unpaired) electrons. The molecule has 1 aliphatic heterocycles. The van der Waals surface area contributed by atoms with Gasteiger partial charge in [0.05, 0.1) is 25.0 Å². The molecule has 2 amide bonds. The monoisotopic (exact) mass is 565 g/mol. The number of furan rings is 1. The van der Waals surface area contributed by atoms with Gasteiger partial charge in [-0.3, -0.25) is 0 Å². The number of anilines is 2. The van der Waals surface area contributed by atoms with Crippen molar-refractivity contribution in [1.29, 1.82) is 0 Å². The fraction of sp³-hybridized carbons (Fsp3) is 0.238. The molecule has 0 spiro atoms. The quantitative estimate of drug-likeness (QED) is 0.251. The molecule has 3 heterocycles. The van der Waals surface area contributed by atoms with E-state index in [1.54, 1.807) is 26.2 Å². The predicted octanol–water partition coefficient (Wildman–Crippen LogP) is 4.61. The number of nitrogens with one attached hydrogen (secondary N) is 3. The molecule has 34 heavy (non-hydrogen) atoms. The SMILES string of the molecule is CCOC(=O)C1=C(CSc2nnc(Nc3ccccc3OC)s2)NC(=O)NC1c1ccc(Br)o1. The lowest BCUT2D eigenvalue weighted by atomic mass is 10.0. The van der Waals surface area contributed by atoms with Crippen LogP contribution >= 0.6 is 39.0 Å². The van der Waals surface area contributed by atoms with E-state index in [0.29, 0.717) is 31.3 Å². The molecule has 178 valence electrons. The molecule has 0 bridgehead atoms. The minimum atomic E-state index is -0.785. The van der Waals surface area contributed by atoms with Crippen molar-refractivity contribution >= 4 is 61.8 Å². The molecule has 0 saturated heterocycles. The van der Waals surface area contributed by atoms with Gasteiger partial charge >= 0.3 is 12.0 Å². The molecule has 0 aliphatic carbocycles. The second-order valence-electron chi connectivity index (χ2n) is 6.77. The van der Waals surface area contributed by atoms with Crippen LogP contribution in [0.25, 0.3) is 0 Å². The van der Waals surface area contributed by atoms with Gasteiger partial charge in [-0.1, -0.05) is 35.2 Å². The maximum absolute atomic E-state index is 12.8. The van der Waals surface area contributed by atoms with Crippen LogP contribution in [0.4, 0.5) is 15.6 Å². The molecule has 1 aliphatic rings. The molecule has 1 unspecified atom stereocenters. The Kier molecular flexibility index (Phi) is 7.75. The summed E-state index contributed by atoms with van der Waals surface area (Å²) in [5.41, 5.74) is 1.45. The standard InChI is InChI=1S/C21H20BrN5O5S2/c1-3-31-18(28)16-12(23-19(29)25-17(16)14-8-9-15(22)32-14)10-33-21-27-26-20(34-21)24-11-6-4-5-7-13(11)30-2/h4-9,17H,3,10H2,1-2H3,(H,24,26)(H2,23,25,29). The molecule has 13 heteroatoms. The van der Waals surface area contributed by atoms with Crippen LogP contribution in [0.2, 0.25) is 0 Å². The van der Waals surface area contributed by atoms with Gasteiger partial charge < -0.3 is 29.8 Å². The molecule has 0 fully saturated rings. The summed E-state index contributed by atoms with van der Waals surface area (Å²) in [6.45, 7) is 1.91. The normalized spacial score (nSPS) is 15.5.